The summed E-state index contributed by atoms with van der Waals surface area (Å²) in [6.07, 6.45) is 18.9. The molecule has 0 aliphatic carbocycles. The summed E-state index contributed by atoms with van der Waals surface area (Å²) in [6, 6.07) is 0. The molecule has 0 saturated carbocycles. The monoisotopic (exact) mass is 324 g/mol. The number of rotatable bonds is 15. The lowest BCUT2D eigenvalue weighted by molar-refractivity contribution is -0.148. The van der Waals surface area contributed by atoms with Crippen LogP contribution in [0.15, 0.2) is 24.3 Å². The van der Waals surface area contributed by atoms with Gasteiger partial charge in [0.15, 0.2) is 0 Å². The molecule has 1 atom stereocenters. The van der Waals surface area contributed by atoms with Gasteiger partial charge in [0.25, 0.3) is 0 Å². The number of hydrogen-bond donors (Lipinski definition) is 2. The standard InChI is InChI=1S/C19H32O4/c1-2-3-4-5-6-7-8-9-10-11-12-13-14-15-17(19(22)23)16-18(20)21/h9-10,13-14,17H,2-8,11-12,15-16H2,1H3,(H,20,21)(H,22,23)/b10-9+,14-13+. The molecule has 0 spiro atoms. The number of carboxylic acids is 2. The molecule has 0 fully saturated rings. The van der Waals surface area contributed by atoms with Gasteiger partial charge in [-0.25, -0.2) is 0 Å². The maximum atomic E-state index is 10.9. The van der Waals surface area contributed by atoms with Crippen molar-refractivity contribution in [1.29, 1.82) is 0 Å². The lowest BCUT2D eigenvalue weighted by atomic mass is 10.0. The van der Waals surface area contributed by atoms with E-state index in [1.807, 2.05) is 6.08 Å². The van der Waals surface area contributed by atoms with Crippen molar-refractivity contribution in [1.82, 2.24) is 0 Å². The summed E-state index contributed by atoms with van der Waals surface area (Å²) >= 11 is 0. The van der Waals surface area contributed by atoms with Gasteiger partial charge in [-0.05, 0) is 32.1 Å². The first-order valence-corrected chi connectivity index (χ1v) is 8.82. The van der Waals surface area contributed by atoms with Gasteiger partial charge in [0.05, 0.1) is 12.3 Å². The maximum absolute atomic E-state index is 10.9. The lowest BCUT2D eigenvalue weighted by Gasteiger charge is -2.05. The molecule has 0 amide bonds. The van der Waals surface area contributed by atoms with E-state index in [1.165, 1.54) is 38.5 Å². The van der Waals surface area contributed by atoms with Gasteiger partial charge in [0.1, 0.15) is 0 Å². The molecule has 0 aliphatic rings. The van der Waals surface area contributed by atoms with E-state index in [0.717, 1.165) is 19.3 Å². The van der Waals surface area contributed by atoms with Gasteiger partial charge in [0.2, 0.25) is 0 Å². The molecule has 4 nitrogen and oxygen atoms in total. The topological polar surface area (TPSA) is 74.6 Å². The van der Waals surface area contributed by atoms with Crippen molar-refractivity contribution >= 4 is 11.9 Å². The Morgan fingerprint density at radius 3 is 2.00 bits per heavy atom. The molecule has 0 saturated heterocycles. The van der Waals surface area contributed by atoms with Crippen LogP contribution in [-0.2, 0) is 9.59 Å². The molecular weight excluding hydrogens is 292 g/mol. The molecule has 0 bridgehead atoms. The molecule has 23 heavy (non-hydrogen) atoms. The van der Waals surface area contributed by atoms with Crippen LogP contribution in [0, 0.1) is 5.92 Å². The zero-order valence-electron chi connectivity index (χ0n) is 14.4. The fraction of sp³-hybridized carbons (Fsp3) is 0.684. The predicted molar refractivity (Wildman–Crippen MR) is 93.5 cm³/mol. The van der Waals surface area contributed by atoms with E-state index in [0.29, 0.717) is 0 Å². The molecule has 0 aromatic rings. The fourth-order valence-corrected chi connectivity index (χ4v) is 2.33. The Labute approximate surface area is 140 Å². The number of hydrogen-bond acceptors (Lipinski definition) is 2. The van der Waals surface area contributed by atoms with Crippen LogP contribution in [0.2, 0.25) is 0 Å². The smallest absolute Gasteiger partial charge is 0.307 e. The van der Waals surface area contributed by atoms with Crippen LogP contribution in [0.5, 0.6) is 0 Å². The normalized spacial score (nSPS) is 12.9. The summed E-state index contributed by atoms with van der Waals surface area (Å²) in [5.74, 6) is -2.94. The molecule has 0 rings (SSSR count). The zero-order valence-corrected chi connectivity index (χ0v) is 14.4. The quantitative estimate of drug-likeness (QED) is 0.321. The van der Waals surface area contributed by atoms with E-state index in [2.05, 4.69) is 19.1 Å². The first-order valence-electron chi connectivity index (χ1n) is 8.82. The highest BCUT2D eigenvalue weighted by atomic mass is 16.4. The van der Waals surface area contributed by atoms with Crippen molar-refractivity contribution in [2.24, 2.45) is 5.92 Å². The average molecular weight is 324 g/mol. The molecule has 132 valence electrons. The Hall–Kier alpha value is -1.58. The predicted octanol–water partition coefficient (Wildman–Crippen LogP) is 5.20. The van der Waals surface area contributed by atoms with Crippen molar-refractivity contribution in [2.45, 2.75) is 77.6 Å². The van der Waals surface area contributed by atoms with Crippen LogP contribution in [0.3, 0.4) is 0 Å². The van der Waals surface area contributed by atoms with Crippen molar-refractivity contribution in [3.05, 3.63) is 24.3 Å². The minimum Gasteiger partial charge on any atom is -0.481 e. The van der Waals surface area contributed by atoms with Gasteiger partial charge in [-0.1, -0.05) is 63.3 Å². The van der Waals surface area contributed by atoms with Gasteiger partial charge < -0.3 is 10.2 Å². The Balaban J connectivity index is 3.60. The second-order valence-corrected chi connectivity index (χ2v) is 5.95. The highest BCUT2D eigenvalue weighted by Crippen LogP contribution is 2.11. The lowest BCUT2D eigenvalue weighted by Crippen LogP contribution is -2.16. The number of aliphatic carboxylic acids is 2. The summed E-state index contributed by atoms with van der Waals surface area (Å²) in [7, 11) is 0. The molecule has 2 N–H and O–H groups in total. The second-order valence-electron chi connectivity index (χ2n) is 5.95. The van der Waals surface area contributed by atoms with Crippen LogP contribution < -0.4 is 0 Å². The van der Waals surface area contributed by atoms with Gasteiger partial charge in [-0.15, -0.1) is 0 Å². The molecule has 0 aromatic carbocycles. The van der Waals surface area contributed by atoms with Gasteiger partial charge in [0, 0.05) is 0 Å². The van der Waals surface area contributed by atoms with E-state index < -0.39 is 17.9 Å². The van der Waals surface area contributed by atoms with Crippen LogP contribution in [0.4, 0.5) is 0 Å². The summed E-state index contributed by atoms with van der Waals surface area (Å²) in [5.41, 5.74) is 0. The third-order valence-electron chi connectivity index (χ3n) is 3.75. The first kappa shape index (κ1) is 21.4. The van der Waals surface area contributed by atoms with Gasteiger partial charge in [-0.3, -0.25) is 9.59 Å². The Morgan fingerprint density at radius 2 is 1.39 bits per heavy atom. The van der Waals surface area contributed by atoms with E-state index in [-0.39, 0.29) is 12.8 Å². The molecule has 0 aliphatic heterocycles. The van der Waals surface area contributed by atoms with E-state index in [1.54, 1.807) is 6.08 Å². The summed E-state index contributed by atoms with van der Waals surface area (Å²) in [6.45, 7) is 2.23. The summed E-state index contributed by atoms with van der Waals surface area (Å²) in [5, 5.41) is 17.5. The Morgan fingerprint density at radius 1 is 0.826 bits per heavy atom. The molecule has 4 heteroatoms. The number of unbranched alkanes of at least 4 members (excludes halogenated alkanes) is 7. The SMILES string of the molecule is CCCCCCCC/C=C/CC/C=C/CC(CC(=O)O)C(=O)O. The third kappa shape index (κ3) is 15.1. The minimum atomic E-state index is -1.07. The van der Waals surface area contributed by atoms with E-state index in [4.69, 9.17) is 10.2 Å². The molecule has 1 unspecified atom stereocenters. The number of allylic oxidation sites excluding steroid dienone is 4. The van der Waals surface area contributed by atoms with Crippen LogP contribution in [0.25, 0.3) is 0 Å². The maximum Gasteiger partial charge on any atom is 0.307 e. The zero-order chi connectivity index (χ0) is 17.3. The van der Waals surface area contributed by atoms with E-state index >= 15 is 0 Å². The largest absolute Gasteiger partial charge is 0.481 e. The van der Waals surface area contributed by atoms with Crippen molar-refractivity contribution in [3.8, 4) is 0 Å². The molecular formula is C19H32O4. The highest BCUT2D eigenvalue weighted by molar-refractivity contribution is 5.77. The summed E-state index contributed by atoms with van der Waals surface area (Å²) < 4.78 is 0. The minimum absolute atomic E-state index is 0.281. The highest BCUT2D eigenvalue weighted by Gasteiger charge is 2.18. The van der Waals surface area contributed by atoms with E-state index in [9.17, 15) is 9.59 Å². The first-order chi connectivity index (χ1) is 11.1. The Kier molecular flexibility index (Phi) is 14.3. The molecule has 0 radical (unpaired) electrons. The Bertz CT molecular complexity index is 372. The van der Waals surface area contributed by atoms with Crippen LogP contribution in [0.1, 0.15) is 77.6 Å². The van der Waals surface area contributed by atoms with Crippen LogP contribution >= 0.6 is 0 Å². The van der Waals surface area contributed by atoms with Gasteiger partial charge in [-0.2, -0.15) is 0 Å². The third-order valence-corrected chi connectivity index (χ3v) is 3.75. The second kappa shape index (κ2) is 15.3. The van der Waals surface area contributed by atoms with Gasteiger partial charge >= 0.3 is 11.9 Å². The van der Waals surface area contributed by atoms with Crippen molar-refractivity contribution < 1.29 is 19.8 Å². The fourth-order valence-electron chi connectivity index (χ4n) is 2.33. The van der Waals surface area contributed by atoms with Crippen molar-refractivity contribution in [2.75, 3.05) is 0 Å². The van der Waals surface area contributed by atoms with Crippen LogP contribution in [-0.4, -0.2) is 22.2 Å². The average Bonchev–Trinajstić information content (AvgIpc) is 2.50. The number of carboxylic acid groups (broad SMARTS) is 2. The molecule has 0 heterocycles. The van der Waals surface area contributed by atoms with Crippen molar-refractivity contribution in [3.63, 3.8) is 0 Å². The summed E-state index contributed by atoms with van der Waals surface area (Å²) in [4.78, 5) is 21.4. The number of carbonyl (C=O) groups is 2. The molecule has 0 aromatic heterocycles.